The van der Waals surface area contributed by atoms with E-state index in [0.717, 1.165) is 48.3 Å². The number of hydrogen-bond donors (Lipinski definition) is 2. The highest BCUT2D eigenvalue weighted by Gasteiger charge is 2.26. The van der Waals surface area contributed by atoms with Crippen LogP contribution in [0, 0.1) is 0 Å². The van der Waals surface area contributed by atoms with Crippen molar-refractivity contribution in [3.8, 4) is 11.3 Å². The minimum atomic E-state index is -1.19. The van der Waals surface area contributed by atoms with Gasteiger partial charge in [-0.15, -0.1) is 0 Å². The first kappa shape index (κ1) is 24.6. The quantitative estimate of drug-likeness (QED) is 0.473. The summed E-state index contributed by atoms with van der Waals surface area (Å²) in [6, 6.07) is 8.62. The van der Waals surface area contributed by atoms with Crippen molar-refractivity contribution in [2.45, 2.75) is 90.4 Å². The molecule has 1 aromatic carbocycles. The smallest absolute Gasteiger partial charge is 0.269 e. The lowest BCUT2D eigenvalue weighted by molar-refractivity contribution is -0.315. The fraction of sp³-hybridized carbons (Fsp3) is 0.577. The molecule has 3 aromatic rings. The number of nitrogens with one attached hydrogen (secondary N) is 1. The van der Waals surface area contributed by atoms with Gasteiger partial charge in [0.2, 0.25) is 0 Å². The number of anilines is 1. The standard InChI is InChI=1S/C26H37N5O3/c1-16(2)24-20-13-17(7-12-21(20)30-31(24)6)22-14-23(28-15-27-22)29-18-8-10-19(11-9-18)33-25(32)34-26(3,4)5/h7,12-16,18-19,25,32H,8-11H2,1-6H3,(H,27,28,29). The zero-order valence-electron chi connectivity index (χ0n) is 21.1. The van der Waals surface area contributed by atoms with Crippen LogP contribution in [0.4, 0.5) is 5.82 Å². The molecule has 184 valence electrons. The topological polar surface area (TPSA) is 94.3 Å². The number of aliphatic hydroxyl groups is 1. The highest BCUT2D eigenvalue weighted by atomic mass is 16.8. The first-order valence-corrected chi connectivity index (χ1v) is 12.2. The van der Waals surface area contributed by atoms with E-state index in [1.54, 1.807) is 6.33 Å². The molecule has 2 heterocycles. The van der Waals surface area contributed by atoms with E-state index in [1.165, 1.54) is 11.1 Å². The van der Waals surface area contributed by atoms with Crippen molar-refractivity contribution in [2.75, 3.05) is 5.32 Å². The van der Waals surface area contributed by atoms with Crippen molar-refractivity contribution in [2.24, 2.45) is 7.05 Å². The number of fused-ring (bicyclic) bond motifs is 1. The van der Waals surface area contributed by atoms with Crippen LogP contribution in [0.15, 0.2) is 30.6 Å². The van der Waals surface area contributed by atoms with Crippen LogP contribution in [-0.2, 0) is 16.5 Å². The van der Waals surface area contributed by atoms with Crippen molar-refractivity contribution < 1.29 is 14.6 Å². The van der Waals surface area contributed by atoms with E-state index >= 15 is 0 Å². The minimum Gasteiger partial charge on any atom is -0.367 e. The van der Waals surface area contributed by atoms with Crippen molar-refractivity contribution in [1.82, 2.24) is 19.7 Å². The van der Waals surface area contributed by atoms with Crippen molar-refractivity contribution in [1.29, 1.82) is 0 Å². The Hall–Kier alpha value is -2.55. The van der Waals surface area contributed by atoms with Crippen LogP contribution in [0.5, 0.6) is 0 Å². The Morgan fingerprint density at radius 3 is 2.50 bits per heavy atom. The molecule has 0 amide bonds. The fourth-order valence-electron chi connectivity index (χ4n) is 4.70. The summed E-state index contributed by atoms with van der Waals surface area (Å²) in [6.07, 6.45) is 5.20. The molecule has 1 fully saturated rings. The van der Waals surface area contributed by atoms with Crippen LogP contribution in [0.2, 0.25) is 0 Å². The van der Waals surface area contributed by atoms with E-state index in [1.807, 2.05) is 38.6 Å². The zero-order valence-corrected chi connectivity index (χ0v) is 21.1. The van der Waals surface area contributed by atoms with Crippen LogP contribution in [0.25, 0.3) is 22.2 Å². The molecule has 8 heteroatoms. The molecule has 34 heavy (non-hydrogen) atoms. The number of aryl methyl sites for hydroxylation is 1. The maximum atomic E-state index is 10.0. The third-order valence-corrected chi connectivity index (χ3v) is 6.18. The summed E-state index contributed by atoms with van der Waals surface area (Å²) in [5.74, 6) is 1.20. The average Bonchev–Trinajstić information content (AvgIpc) is 3.09. The Balaban J connectivity index is 1.40. The van der Waals surface area contributed by atoms with E-state index in [-0.39, 0.29) is 6.10 Å². The molecule has 8 nitrogen and oxygen atoms in total. The molecular formula is C26H37N5O3. The number of aliphatic hydroxyl groups excluding tert-OH is 1. The van der Waals surface area contributed by atoms with Crippen molar-refractivity contribution in [3.05, 3.63) is 36.3 Å². The Bertz CT molecular complexity index is 1110. The van der Waals surface area contributed by atoms with Gasteiger partial charge in [-0.05, 0) is 64.5 Å². The van der Waals surface area contributed by atoms with Gasteiger partial charge in [0.05, 0.1) is 22.9 Å². The molecule has 0 spiro atoms. The maximum Gasteiger partial charge on any atom is 0.269 e. The summed E-state index contributed by atoms with van der Waals surface area (Å²) in [5, 5.41) is 19.4. The third kappa shape index (κ3) is 5.92. The van der Waals surface area contributed by atoms with Gasteiger partial charge in [-0.1, -0.05) is 19.9 Å². The summed E-state index contributed by atoms with van der Waals surface area (Å²) in [4.78, 5) is 8.97. The second-order valence-corrected chi connectivity index (χ2v) is 10.5. The van der Waals surface area contributed by atoms with Crippen LogP contribution < -0.4 is 5.32 Å². The Morgan fingerprint density at radius 1 is 1.09 bits per heavy atom. The molecule has 4 rings (SSSR count). The molecule has 0 saturated heterocycles. The molecule has 1 aliphatic rings. The monoisotopic (exact) mass is 467 g/mol. The molecule has 1 aliphatic carbocycles. The largest absolute Gasteiger partial charge is 0.367 e. The number of ether oxygens (including phenoxy) is 2. The number of benzene rings is 1. The molecule has 1 atom stereocenters. The van der Waals surface area contributed by atoms with E-state index in [0.29, 0.717) is 12.0 Å². The van der Waals surface area contributed by atoms with Gasteiger partial charge in [0.15, 0.2) is 0 Å². The molecule has 2 N–H and O–H groups in total. The highest BCUT2D eigenvalue weighted by molar-refractivity contribution is 5.86. The highest BCUT2D eigenvalue weighted by Crippen LogP contribution is 2.30. The van der Waals surface area contributed by atoms with Crippen LogP contribution in [0.3, 0.4) is 0 Å². The lowest BCUT2D eigenvalue weighted by atomic mass is 9.93. The van der Waals surface area contributed by atoms with E-state index in [9.17, 15) is 5.11 Å². The molecule has 1 saturated carbocycles. The van der Waals surface area contributed by atoms with E-state index in [2.05, 4.69) is 52.4 Å². The van der Waals surface area contributed by atoms with Gasteiger partial charge in [0.1, 0.15) is 12.1 Å². The second-order valence-electron chi connectivity index (χ2n) is 10.5. The van der Waals surface area contributed by atoms with Gasteiger partial charge in [0.25, 0.3) is 6.48 Å². The average molecular weight is 468 g/mol. The van der Waals surface area contributed by atoms with Gasteiger partial charge < -0.3 is 19.9 Å². The summed E-state index contributed by atoms with van der Waals surface area (Å²) in [6.45, 7) is 8.88. The van der Waals surface area contributed by atoms with Gasteiger partial charge >= 0.3 is 0 Å². The zero-order chi connectivity index (χ0) is 24.5. The number of aromatic nitrogens is 4. The third-order valence-electron chi connectivity index (χ3n) is 6.18. The summed E-state index contributed by atoms with van der Waals surface area (Å²) in [7, 11) is 2.00. The first-order chi connectivity index (χ1) is 16.1. The predicted molar refractivity (Wildman–Crippen MR) is 133 cm³/mol. The van der Waals surface area contributed by atoms with Gasteiger partial charge in [-0.3, -0.25) is 4.68 Å². The predicted octanol–water partition coefficient (Wildman–Crippen LogP) is 4.98. The second kappa shape index (κ2) is 9.98. The van der Waals surface area contributed by atoms with Gasteiger partial charge in [0, 0.05) is 35.8 Å². The molecule has 0 bridgehead atoms. The molecule has 1 unspecified atom stereocenters. The van der Waals surface area contributed by atoms with Crippen LogP contribution >= 0.6 is 0 Å². The van der Waals surface area contributed by atoms with Crippen LogP contribution in [0.1, 0.15) is 71.9 Å². The van der Waals surface area contributed by atoms with Crippen molar-refractivity contribution >= 4 is 16.7 Å². The Labute approximate surface area is 201 Å². The first-order valence-electron chi connectivity index (χ1n) is 12.2. The lowest BCUT2D eigenvalue weighted by Crippen LogP contribution is -2.36. The molecule has 0 aliphatic heterocycles. The maximum absolute atomic E-state index is 10.0. The normalized spacial score (nSPS) is 20.1. The lowest BCUT2D eigenvalue weighted by Gasteiger charge is -2.32. The summed E-state index contributed by atoms with van der Waals surface area (Å²) < 4.78 is 13.1. The van der Waals surface area contributed by atoms with Gasteiger partial charge in [-0.2, -0.15) is 5.10 Å². The summed E-state index contributed by atoms with van der Waals surface area (Å²) >= 11 is 0. The SMILES string of the molecule is CC(C)c1c2cc(-c3cc(NC4CCC(OC(O)OC(C)(C)C)CC4)ncn3)ccc2nn1C. The molecular weight excluding hydrogens is 430 g/mol. The van der Waals surface area contributed by atoms with Crippen LogP contribution in [-0.4, -0.2) is 49.1 Å². The van der Waals surface area contributed by atoms with Crippen molar-refractivity contribution in [3.63, 3.8) is 0 Å². The number of hydrogen-bond acceptors (Lipinski definition) is 7. The Morgan fingerprint density at radius 2 is 1.82 bits per heavy atom. The van der Waals surface area contributed by atoms with Gasteiger partial charge in [-0.25, -0.2) is 9.97 Å². The van der Waals surface area contributed by atoms with E-state index in [4.69, 9.17) is 9.47 Å². The summed E-state index contributed by atoms with van der Waals surface area (Å²) in [5.41, 5.74) is 3.72. The fourth-order valence-corrected chi connectivity index (χ4v) is 4.70. The molecule has 2 aromatic heterocycles. The Kier molecular flexibility index (Phi) is 7.21. The number of rotatable bonds is 7. The molecule has 0 radical (unpaired) electrons. The van der Waals surface area contributed by atoms with E-state index < -0.39 is 12.1 Å². The minimum absolute atomic E-state index is 0.00211. The number of nitrogens with zero attached hydrogens (tertiary/aromatic N) is 4.